The summed E-state index contributed by atoms with van der Waals surface area (Å²) in [4.78, 5) is 0. The Morgan fingerprint density at radius 1 is 0.682 bits per heavy atom. The van der Waals surface area contributed by atoms with E-state index >= 15 is 0 Å². The molecule has 1 aromatic carbocycles. The summed E-state index contributed by atoms with van der Waals surface area (Å²) >= 11 is 0. The van der Waals surface area contributed by atoms with Crippen molar-refractivity contribution in [2.45, 2.75) is 96.8 Å². The van der Waals surface area contributed by atoms with Gasteiger partial charge in [-0.15, -0.1) is 0 Å². The van der Waals surface area contributed by atoms with Crippen LogP contribution in [0.2, 0.25) is 0 Å². The smallest absolute Gasteiger partial charge is 0 e. The molecule has 0 bridgehead atoms. The topological polar surface area (TPSA) is 0 Å². The third kappa shape index (κ3) is 11.7. The Morgan fingerprint density at radius 2 is 1.14 bits per heavy atom. The van der Waals surface area contributed by atoms with Crippen LogP contribution in [0, 0.1) is 0 Å². The van der Waals surface area contributed by atoms with Gasteiger partial charge in [-0.2, -0.15) is 0 Å². The van der Waals surface area contributed by atoms with Gasteiger partial charge in [-0.1, -0.05) is 115 Å². The molecule has 1 aromatic rings. The predicted molar refractivity (Wildman–Crippen MR) is 102 cm³/mol. The molecule has 0 aliphatic rings. The van der Waals surface area contributed by atoms with Gasteiger partial charge in [-0.3, -0.25) is 0 Å². The largest absolute Gasteiger partial charge is 0.0654 e. The number of hydrogen-bond donors (Lipinski definition) is 0. The molecule has 0 saturated heterocycles. The van der Waals surface area contributed by atoms with E-state index in [9.17, 15) is 0 Å². The van der Waals surface area contributed by atoms with Crippen LogP contribution in [0.25, 0.3) is 0 Å². The zero-order chi connectivity index (χ0) is 15.2. The fourth-order valence-corrected chi connectivity index (χ4v) is 3.06. The van der Waals surface area contributed by atoms with Crippen LogP contribution in [-0.2, 0) is 0 Å². The first kappa shape index (κ1) is 22.2. The second-order valence-electron chi connectivity index (χ2n) is 6.64. The Kier molecular flexibility index (Phi) is 16.3. The Morgan fingerprint density at radius 3 is 1.64 bits per heavy atom. The van der Waals surface area contributed by atoms with E-state index in [-0.39, 0.29) is 29.6 Å². The molecule has 0 aliphatic heterocycles. The van der Waals surface area contributed by atoms with Crippen molar-refractivity contribution in [2.24, 2.45) is 0 Å². The molecule has 0 saturated carbocycles. The first-order valence-electron chi connectivity index (χ1n) is 9.39. The van der Waals surface area contributed by atoms with E-state index in [0.29, 0.717) is 0 Å². The van der Waals surface area contributed by atoms with Gasteiger partial charge in [0.25, 0.3) is 0 Å². The van der Waals surface area contributed by atoms with Gasteiger partial charge < -0.3 is 0 Å². The van der Waals surface area contributed by atoms with Crippen molar-refractivity contribution in [3.05, 3.63) is 35.9 Å². The Hall–Kier alpha value is 0.220. The number of unbranched alkanes of at least 4 members (excludes halogenated alkanes) is 10. The van der Waals surface area contributed by atoms with E-state index in [1.165, 1.54) is 82.6 Å². The van der Waals surface area contributed by atoms with Crippen LogP contribution in [0.4, 0.5) is 0 Å². The van der Waals surface area contributed by atoms with Crippen molar-refractivity contribution in [1.82, 2.24) is 0 Å². The number of benzene rings is 1. The molecule has 1 radical (unpaired) electrons. The maximum atomic E-state index is 2.37. The third-order valence-electron chi connectivity index (χ3n) is 4.61. The van der Waals surface area contributed by atoms with E-state index in [0.717, 1.165) is 5.92 Å². The first-order valence-corrected chi connectivity index (χ1v) is 9.39. The Balaban J connectivity index is 0.00000441. The van der Waals surface area contributed by atoms with Crippen molar-refractivity contribution in [3.63, 3.8) is 0 Å². The second kappa shape index (κ2) is 16.1. The van der Waals surface area contributed by atoms with Crippen LogP contribution >= 0.6 is 0 Å². The fraction of sp³-hybridized carbons (Fsp3) is 0.714. The summed E-state index contributed by atoms with van der Waals surface area (Å²) < 4.78 is 0. The maximum absolute atomic E-state index is 2.37. The van der Waals surface area contributed by atoms with Gasteiger partial charge in [-0.05, 0) is 17.9 Å². The van der Waals surface area contributed by atoms with E-state index in [4.69, 9.17) is 0 Å². The minimum absolute atomic E-state index is 0. The zero-order valence-electron chi connectivity index (χ0n) is 15.4. The van der Waals surface area contributed by atoms with E-state index in [1.807, 2.05) is 0 Å². The zero-order valence-corrected chi connectivity index (χ0v) is 17.4. The summed E-state index contributed by atoms with van der Waals surface area (Å²) in [7, 11) is 0. The van der Waals surface area contributed by atoms with Crippen LogP contribution in [0.5, 0.6) is 0 Å². The molecular weight excluding hydrogens is 275 g/mol. The maximum Gasteiger partial charge on any atom is 0 e. The minimum atomic E-state index is 0. The van der Waals surface area contributed by atoms with Crippen LogP contribution in [-0.4, -0.2) is 29.6 Å². The molecule has 1 unspecified atom stereocenters. The van der Waals surface area contributed by atoms with Crippen LogP contribution in [0.15, 0.2) is 30.3 Å². The average molecular weight is 312 g/mol. The van der Waals surface area contributed by atoms with Crippen molar-refractivity contribution in [2.75, 3.05) is 0 Å². The first-order chi connectivity index (χ1) is 10.3. The van der Waals surface area contributed by atoms with Gasteiger partial charge in [0.1, 0.15) is 0 Å². The van der Waals surface area contributed by atoms with E-state index < -0.39 is 0 Å². The monoisotopic (exact) mass is 311 g/mol. The molecule has 121 valence electrons. The van der Waals surface area contributed by atoms with Gasteiger partial charge in [0, 0.05) is 29.6 Å². The summed E-state index contributed by atoms with van der Waals surface area (Å²) in [6.07, 6.45) is 17.2. The molecule has 1 heteroatoms. The Labute approximate surface area is 161 Å². The molecule has 0 spiro atoms. The molecule has 0 heterocycles. The van der Waals surface area contributed by atoms with Gasteiger partial charge in [-0.25, -0.2) is 0 Å². The SMILES string of the molecule is CCCCCCCCCCCCCC(C)c1ccccc1.[Na]. The second-order valence-corrected chi connectivity index (χ2v) is 6.64. The van der Waals surface area contributed by atoms with Crippen molar-refractivity contribution >= 4 is 29.6 Å². The summed E-state index contributed by atoms with van der Waals surface area (Å²) in [5, 5.41) is 0. The third-order valence-corrected chi connectivity index (χ3v) is 4.61. The average Bonchev–Trinajstić information content (AvgIpc) is 2.53. The van der Waals surface area contributed by atoms with Crippen LogP contribution in [0.1, 0.15) is 102 Å². The molecule has 22 heavy (non-hydrogen) atoms. The molecule has 0 amide bonds. The molecule has 0 aromatic heterocycles. The fourth-order valence-electron chi connectivity index (χ4n) is 3.06. The van der Waals surface area contributed by atoms with E-state index in [1.54, 1.807) is 0 Å². The minimum Gasteiger partial charge on any atom is -0.0654 e. The van der Waals surface area contributed by atoms with Crippen molar-refractivity contribution < 1.29 is 0 Å². The molecule has 0 N–H and O–H groups in total. The van der Waals surface area contributed by atoms with Gasteiger partial charge in [0.15, 0.2) is 0 Å². The molecule has 1 rings (SSSR count). The summed E-state index contributed by atoms with van der Waals surface area (Å²) in [6.45, 7) is 4.66. The molecule has 0 fully saturated rings. The standard InChI is InChI=1S/C21H36.Na/c1-3-4-5-6-7-8-9-10-11-12-14-17-20(2)21-18-15-13-16-19-21;/h13,15-16,18-20H,3-12,14,17H2,1-2H3;. The van der Waals surface area contributed by atoms with Gasteiger partial charge in [0.2, 0.25) is 0 Å². The summed E-state index contributed by atoms with van der Waals surface area (Å²) in [6, 6.07) is 11.0. The van der Waals surface area contributed by atoms with E-state index in [2.05, 4.69) is 44.2 Å². The molecule has 0 nitrogen and oxygen atoms in total. The van der Waals surface area contributed by atoms with Crippen molar-refractivity contribution in [3.8, 4) is 0 Å². The Bertz CT molecular complexity index is 320. The number of hydrogen-bond acceptors (Lipinski definition) is 0. The quantitative estimate of drug-likeness (QED) is 0.269. The van der Waals surface area contributed by atoms with Crippen molar-refractivity contribution in [1.29, 1.82) is 0 Å². The molecule has 1 atom stereocenters. The van der Waals surface area contributed by atoms with Crippen LogP contribution < -0.4 is 0 Å². The van der Waals surface area contributed by atoms with Gasteiger partial charge in [0.05, 0.1) is 0 Å². The summed E-state index contributed by atoms with van der Waals surface area (Å²) in [5.74, 6) is 0.727. The molecular formula is C21H36Na. The van der Waals surface area contributed by atoms with Gasteiger partial charge >= 0.3 is 0 Å². The normalized spacial score (nSPS) is 11.9. The predicted octanol–water partition coefficient (Wildman–Crippen LogP) is 7.11. The molecule has 0 aliphatic carbocycles. The van der Waals surface area contributed by atoms with Crippen LogP contribution in [0.3, 0.4) is 0 Å². The number of rotatable bonds is 13. The summed E-state index contributed by atoms with van der Waals surface area (Å²) in [5.41, 5.74) is 1.50.